The number of anilines is 1. The van der Waals surface area contributed by atoms with Crippen LogP contribution in [0.4, 0.5) is 5.82 Å². The Kier molecular flexibility index (Phi) is 4.00. The number of rotatable bonds is 4. The lowest BCUT2D eigenvalue weighted by Crippen LogP contribution is -2.37. The molecule has 3 aromatic rings. The molecule has 4 rings (SSSR count). The molecular formula is C17H17N5OS. The second-order valence-corrected chi connectivity index (χ2v) is 6.56. The standard InChI is InChI=1S/C17H17N5OS/c23-17(14-4-3-9-24-14)22-8-7-21-11-13(20-16(21)12-22)10-19-15-5-1-2-6-18-15/h1-6,9,11H,7-8,10,12H2,(H,18,19). The van der Waals surface area contributed by atoms with E-state index in [1.54, 1.807) is 6.20 Å². The van der Waals surface area contributed by atoms with Crippen molar-refractivity contribution in [3.05, 3.63) is 64.5 Å². The molecule has 0 bridgehead atoms. The molecule has 3 aromatic heterocycles. The smallest absolute Gasteiger partial charge is 0.264 e. The Hall–Kier alpha value is -2.67. The normalized spacial score (nSPS) is 13.6. The number of imidazole rings is 1. The highest BCUT2D eigenvalue weighted by molar-refractivity contribution is 7.12. The molecule has 6 nitrogen and oxygen atoms in total. The first-order valence-electron chi connectivity index (χ1n) is 7.82. The molecule has 0 saturated heterocycles. The van der Waals surface area contributed by atoms with Gasteiger partial charge in [0.05, 0.1) is 23.7 Å². The summed E-state index contributed by atoms with van der Waals surface area (Å²) in [5.74, 6) is 1.86. The SMILES string of the molecule is O=C(c1cccs1)N1CCn2cc(CNc3ccccn3)nc2C1. The summed E-state index contributed by atoms with van der Waals surface area (Å²) in [6.07, 6.45) is 3.81. The first-order valence-corrected chi connectivity index (χ1v) is 8.70. The zero-order chi connectivity index (χ0) is 16.4. The number of hydrogen-bond donors (Lipinski definition) is 1. The molecule has 1 amide bonds. The van der Waals surface area contributed by atoms with Gasteiger partial charge < -0.3 is 14.8 Å². The van der Waals surface area contributed by atoms with E-state index in [9.17, 15) is 4.79 Å². The first-order chi connectivity index (χ1) is 11.8. The molecule has 1 aliphatic rings. The molecule has 0 unspecified atom stereocenters. The molecule has 1 aliphatic heterocycles. The number of pyridine rings is 1. The molecule has 0 aliphatic carbocycles. The summed E-state index contributed by atoms with van der Waals surface area (Å²) < 4.78 is 2.13. The molecule has 0 atom stereocenters. The van der Waals surface area contributed by atoms with Crippen LogP contribution in [0.25, 0.3) is 0 Å². The van der Waals surface area contributed by atoms with Crippen molar-refractivity contribution in [1.82, 2.24) is 19.4 Å². The lowest BCUT2D eigenvalue weighted by Gasteiger charge is -2.27. The second kappa shape index (κ2) is 6.45. The lowest BCUT2D eigenvalue weighted by molar-refractivity contribution is 0.0712. The van der Waals surface area contributed by atoms with E-state index in [2.05, 4.69) is 26.0 Å². The summed E-state index contributed by atoms with van der Waals surface area (Å²) in [5.41, 5.74) is 0.959. The Morgan fingerprint density at radius 1 is 1.25 bits per heavy atom. The van der Waals surface area contributed by atoms with Crippen molar-refractivity contribution in [1.29, 1.82) is 0 Å². The highest BCUT2D eigenvalue weighted by Gasteiger charge is 2.23. The molecule has 4 heterocycles. The molecule has 0 spiro atoms. The van der Waals surface area contributed by atoms with Crippen LogP contribution in [0.1, 0.15) is 21.2 Å². The Labute approximate surface area is 143 Å². The topological polar surface area (TPSA) is 63.1 Å². The Morgan fingerprint density at radius 3 is 3.00 bits per heavy atom. The van der Waals surface area contributed by atoms with Crippen LogP contribution in [0.3, 0.4) is 0 Å². The quantitative estimate of drug-likeness (QED) is 0.794. The predicted octanol–water partition coefficient (Wildman–Crippen LogP) is 2.61. The van der Waals surface area contributed by atoms with Crippen LogP contribution in [-0.2, 0) is 19.6 Å². The predicted molar refractivity (Wildman–Crippen MR) is 92.9 cm³/mol. The largest absolute Gasteiger partial charge is 0.364 e. The van der Waals surface area contributed by atoms with E-state index in [0.29, 0.717) is 19.6 Å². The minimum atomic E-state index is 0.0902. The Morgan fingerprint density at radius 2 is 2.21 bits per heavy atom. The highest BCUT2D eigenvalue weighted by atomic mass is 32.1. The van der Waals surface area contributed by atoms with Gasteiger partial charge in [0.2, 0.25) is 0 Å². The van der Waals surface area contributed by atoms with Gasteiger partial charge in [0.25, 0.3) is 5.91 Å². The molecule has 0 radical (unpaired) electrons. The van der Waals surface area contributed by atoms with E-state index in [0.717, 1.165) is 28.8 Å². The zero-order valence-electron chi connectivity index (χ0n) is 13.1. The summed E-state index contributed by atoms with van der Waals surface area (Å²) in [4.78, 5) is 24.0. The van der Waals surface area contributed by atoms with Crippen LogP contribution in [-0.4, -0.2) is 31.9 Å². The summed E-state index contributed by atoms with van der Waals surface area (Å²) >= 11 is 1.48. The second-order valence-electron chi connectivity index (χ2n) is 5.61. The number of carbonyl (C=O) groups is 1. The molecule has 0 saturated carbocycles. The van der Waals surface area contributed by atoms with Gasteiger partial charge in [-0.15, -0.1) is 11.3 Å². The van der Waals surface area contributed by atoms with E-state index in [1.165, 1.54) is 11.3 Å². The van der Waals surface area contributed by atoms with Gasteiger partial charge in [0, 0.05) is 25.5 Å². The molecule has 1 N–H and O–H groups in total. The van der Waals surface area contributed by atoms with Crippen molar-refractivity contribution in [3.8, 4) is 0 Å². The van der Waals surface area contributed by atoms with Gasteiger partial charge in [-0.2, -0.15) is 0 Å². The van der Waals surface area contributed by atoms with E-state index in [4.69, 9.17) is 0 Å². The van der Waals surface area contributed by atoms with Crippen LogP contribution in [0, 0.1) is 0 Å². The van der Waals surface area contributed by atoms with Crippen molar-refractivity contribution >= 4 is 23.1 Å². The van der Waals surface area contributed by atoms with Gasteiger partial charge in [-0.1, -0.05) is 12.1 Å². The monoisotopic (exact) mass is 339 g/mol. The van der Waals surface area contributed by atoms with Gasteiger partial charge in [-0.05, 0) is 23.6 Å². The summed E-state index contributed by atoms with van der Waals surface area (Å²) in [7, 11) is 0. The maximum Gasteiger partial charge on any atom is 0.264 e. The molecule has 24 heavy (non-hydrogen) atoms. The number of nitrogens with one attached hydrogen (secondary N) is 1. The third-order valence-electron chi connectivity index (χ3n) is 3.99. The maximum atomic E-state index is 12.5. The number of carbonyl (C=O) groups excluding carboxylic acids is 1. The first kappa shape index (κ1) is 14.9. The number of thiophene rings is 1. The van der Waals surface area contributed by atoms with E-state index in [1.807, 2.05) is 40.6 Å². The van der Waals surface area contributed by atoms with E-state index < -0.39 is 0 Å². The number of nitrogens with zero attached hydrogens (tertiary/aromatic N) is 4. The van der Waals surface area contributed by atoms with E-state index >= 15 is 0 Å². The average molecular weight is 339 g/mol. The van der Waals surface area contributed by atoms with Gasteiger partial charge in [0.15, 0.2) is 0 Å². The molecule has 122 valence electrons. The molecule has 0 aromatic carbocycles. The van der Waals surface area contributed by atoms with Crippen molar-refractivity contribution in [2.24, 2.45) is 0 Å². The maximum absolute atomic E-state index is 12.5. The fourth-order valence-electron chi connectivity index (χ4n) is 2.77. The van der Waals surface area contributed by atoms with Crippen molar-refractivity contribution in [2.75, 3.05) is 11.9 Å². The van der Waals surface area contributed by atoms with Crippen LogP contribution >= 0.6 is 11.3 Å². The van der Waals surface area contributed by atoms with Gasteiger partial charge >= 0.3 is 0 Å². The van der Waals surface area contributed by atoms with Crippen molar-refractivity contribution in [2.45, 2.75) is 19.6 Å². The van der Waals surface area contributed by atoms with Crippen LogP contribution < -0.4 is 5.32 Å². The third kappa shape index (κ3) is 3.03. The number of hydrogen-bond acceptors (Lipinski definition) is 5. The fourth-order valence-corrected chi connectivity index (χ4v) is 3.47. The highest BCUT2D eigenvalue weighted by Crippen LogP contribution is 2.18. The third-order valence-corrected chi connectivity index (χ3v) is 4.84. The fraction of sp³-hybridized carbons (Fsp3) is 0.235. The lowest BCUT2D eigenvalue weighted by atomic mass is 10.3. The average Bonchev–Trinajstić information content (AvgIpc) is 3.29. The Bertz CT molecular complexity index is 828. The van der Waals surface area contributed by atoms with Gasteiger partial charge in [0.1, 0.15) is 11.6 Å². The number of fused-ring (bicyclic) bond motifs is 1. The van der Waals surface area contributed by atoms with Crippen LogP contribution in [0.15, 0.2) is 48.1 Å². The van der Waals surface area contributed by atoms with Gasteiger partial charge in [-0.25, -0.2) is 9.97 Å². The number of aromatic nitrogens is 3. The summed E-state index contributed by atoms with van der Waals surface area (Å²) in [6, 6.07) is 9.54. The van der Waals surface area contributed by atoms with E-state index in [-0.39, 0.29) is 5.91 Å². The molecule has 0 fully saturated rings. The molecule has 7 heteroatoms. The summed E-state index contributed by atoms with van der Waals surface area (Å²) in [6.45, 7) is 2.67. The zero-order valence-corrected chi connectivity index (χ0v) is 13.9. The van der Waals surface area contributed by atoms with Crippen molar-refractivity contribution in [3.63, 3.8) is 0 Å². The van der Waals surface area contributed by atoms with Gasteiger partial charge in [-0.3, -0.25) is 4.79 Å². The molecular weight excluding hydrogens is 322 g/mol. The minimum Gasteiger partial charge on any atom is -0.364 e. The minimum absolute atomic E-state index is 0.0902. The summed E-state index contributed by atoms with van der Waals surface area (Å²) in [5, 5.41) is 5.19. The van der Waals surface area contributed by atoms with Crippen LogP contribution in [0.2, 0.25) is 0 Å². The Balaban J connectivity index is 1.43. The van der Waals surface area contributed by atoms with Crippen LogP contribution in [0.5, 0.6) is 0 Å². The van der Waals surface area contributed by atoms with Crippen molar-refractivity contribution < 1.29 is 4.79 Å². The number of amides is 1.